The monoisotopic (exact) mass is 346 g/mol. The van der Waals surface area contributed by atoms with Crippen molar-refractivity contribution >= 4 is 17.5 Å². The summed E-state index contributed by atoms with van der Waals surface area (Å²) in [7, 11) is 0. The molecule has 0 fully saturated rings. The third-order valence-electron chi connectivity index (χ3n) is 4.21. The predicted molar refractivity (Wildman–Crippen MR) is 107 cm³/mol. The Hall–Kier alpha value is -2.32. The van der Waals surface area contributed by atoms with Crippen molar-refractivity contribution in [2.24, 2.45) is 0 Å². The molecule has 0 heterocycles. The van der Waals surface area contributed by atoms with E-state index in [1.54, 1.807) is 0 Å². The molecule has 0 saturated heterocycles. The van der Waals surface area contributed by atoms with Gasteiger partial charge in [0.2, 0.25) is 0 Å². The molecule has 3 rings (SSSR count). The van der Waals surface area contributed by atoms with E-state index in [0.29, 0.717) is 6.42 Å². The van der Waals surface area contributed by atoms with Gasteiger partial charge in [-0.15, -0.1) is 11.8 Å². The van der Waals surface area contributed by atoms with Crippen molar-refractivity contribution in [1.82, 2.24) is 0 Å². The third kappa shape index (κ3) is 5.07. The van der Waals surface area contributed by atoms with Crippen molar-refractivity contribution < 1.29 is 4.79 Å². The Kier molecular flexibility index (Phi) is 6.08. The second-order valence-electron chi connectivity index (χ2n) is 6.19. The van der Waals surface area contributed by atoms with Gasteiger partial charge in [-0.1, -0.05) is 90.5 Å². The van der Waals surface area contributed by atoms with Gasteiger partial charge >= 0.3 is 0 Å². The minimum Gasteiger partial charge on any atom is -0.294 e. The zero-order valence-electron chi connectivity index (χ0n) is 14.4. The number of ketones is 1. The molecule has 1 atom stereocenters. The van der Waals surface area contributed by atoms with Crippen LogP contribution in [0, 0.1) is 6.92 Å². The quantitative estimate of drug-likeness (QED) is 0.471. The van der Waals surface area contributed by atoms with Gasteiger partial charge in [0.25, 0.3) is 0 Å². The van der Waals surface area contributed by atoms with E-state index >= 15 is 0 Å². The molecule has 0 aliphatic carbocycles. The van der Waals surface area contributed by atoms with E-state index < -0.39 is 0 Å². The van der Waals surface area contributed by atoms with Crippen molar-refractivity contribution in [2.45, 2.75) is 24.3 Å². The first-order chi connectivity index (χ1) is 12.2. The summed E-state index contributed by atoms with van der Waals surface area (Å²) in [5.74, 6) is 1.11. The molecule has 0 aliphatic heterocycles. The molecule has 126 valence electrons. The molecule has 25 heavy (non-hydrogen) atoms. The van der Waals surface area contributed by atoms with Gasteiger partial charge in [0.15, 0.2) is 5.78 Å². The fraction of sp³-hybridized carbons (Fsp3) is 0.174. The Morgan fingerprint density at radius 1 is 0.840 bits per heavy atom. The van der Waals surface area contributed by atoms with Crippen LogP contribution in [-0.4, -0.2) is 5.78 Å². The van der Waals surface area contributed by atoms with Crippen LogP contribution < -0.4 is 0 Å². The predicted octanol–water partition coefficient (Wildman–Crippen LogP) is 6.24. The van der Waals surface area contributed by atoms with Crippen LogP contribution in [0.1, 0.15) is 38.7 Å². The van der Waals surface area contributed by atoms with Crippen molar-refractivity contribution in [1.29, 1.82) is 0 Å². The Bertz CT molecular complexity index is 795. The minimum absolute atomic E-state index is 0.162. The molecule has 1 nitrogen and oxygen atoms in total. The van der Waals surface area contributed by atoms with E-state index in [1.165, 1.54) is 16.7 Å². The maximum atomic E-state index is 12.7. The highest BCUT2D eigenvalue weighted by atomic mass is 32.2. The average molecular weight is 346 g/mol. The van der Waals surface area contributed by atoms with Gasteiger partial charge in [-0.05, 0) is 18.1 Å². The molecule has 0 radical (unpaired) electrons. The number of hydrogen-bond acceptors (Lipinski definition) is 2. The first-order valence-corrected chi connectivity index (χ1v) is 9.57. The van der Waals surface area contributed by atoms with Gasteiger partial charge in [-0.3, -0.25) is 4.79 Å². The molecular formula is C23H22OS. The second kappa shape index (κ2) is 8.68. The third-order valence-corrected chi connectivity index (χ3v) is 5.55. The lowest BCUT2D eigenvalue weighted by atomic mass is 10.0. The standard InChI is InChI=1S/C23H22OS/c1-18-12-14-20(15-13-18)22(24)16-23(21-10-6-3-7-11-21)25-17-19-8-4-2-5-9-19/h2-15,23H,16-17H2,1H3. The molecule has 2 heteroatoms. The Morgan fingerprint density at radius 3 is 2.08 bits per heavy atom. The van der Waals surface area contributed by atoms with E-state index in [-0.39, 0.29) is 11.0 Å². The van der Waals surface area contributed by atoms with Crippen molar-refractivity contribution in [3.8, 4) is 0 Å². The number of carbonyl (C=O) groups is 1. The number of hydrogen-bond donors (Lipinski definition) is 0. The number of benzene rings is 3. The van der Waals surface area contributed by atoms with E-state index in [9.17, 15) is 4.79 Å². The molecule has 0 aliphatic rings. The molecule has 0 N–H and O–H groups in total. The molecular weight excluding hydrogens is 324 g/mol. The molecule has 3 aromatic rings. The Labute approximate surface area is 154 Å². The molecule has 0 bridgehead atoms. The molecule has 1 unspecified atom stereocenters. The summed E-state index contributed by atoms with van der Waals surface area (Å²) in [6, 6.07) is 28.6. The summed E-state index contributed by atoms with van der Waals surface area (Å²) in [5, 5.41) is 0.162. The summed E-state index contributed by atoms with van der Waals surface area (Å²) in [6.45, 7) is 2.04. The van der Waals surface area contributed by atoms with Gasteiger partial charge in [-0.2, -0.15) is 0 Å². The molecule has 0 saturated carbocycles. The van der Waals surface area contributed by atoms with Gasteiger partial charge in [0.05, 0.1) is 0 Å². The Morgan fingerprint density at radius 2 is 1.44 bits per heavy atom. The largest absolute Gasteiger partial charge is 0.294 e. The Balaban J connectivity index is 1.74. The highest BCUT2D eigenvalue weighted by Crippen LogP contribution is 2.35. The van der Waals surface area contributed by atoms with E-state index in [1.807, 2.05) is 67.2 Å². The number of Topliss-reactive ketones (excluding diaryl/α,β-unsaturated/α-hetero) is 1. The lowest BCUT2D eigenvalue weighted by Crippen LogP contribution is -2.06. The molecule has 3 aromatic carbocycles. The van der Waals surface area contributed by atoms with Gasteiger partial charge < -0.3 is 0 Å². The summed E-state index contributed by atoms with van der Waals surface area (Å²) < 4.78 is 0. The highest BCUT2D eigenvalue weighted by molar-refractivity contribution is 7.98. The lowest BCUT2D eigenvalue weighted by Gasteiger charge is -2.17. The van der Waals surface area contributed by atoms with Gasteiger partial charge in [0, 0.05) is 23.0 Å². The van der Waals surface area contributed by atoms with Gasteiger partial charge in [0.1, 0.15) is 0 Å². The van der Waals surface area contributed by atoms with Crippen LogP contribution in [0.4, 0.5) is 0 Å². The van der Waals surface area contributed by atoms with E-state index in [4.69, 9.17) is 0 Å². The van der Waals surface area contributed by atoms with Crippen LogP contribution >= 0.6 is 11.8 Å². The average Bonchev–Trinajstić information content (AvgIpc) is 2.67. The topological polar surface area (TPSA) is 17.1 Å². The van der Waals surface area contributed by atoms with Crippen LogP contribution in [0.2, 0.25) is 0 Å². The summed E-state index contributed by atoms with van der Waals surface area (Å²) >= 11 is 1.83. The second-order valence-corrected chi connectivity index (χ2v) is 7.38. The number of aryl methyl sites for hydroxylation is 1. The van der Waals surface area contributed by atoms with Gasteiger partial charge in [-0.25, -0.2) is 0 Å². The van der Waals surface area contributed by atoms with Crippen LogP contribution in [0.5, 0.6) is 0 Å². The van der Waals surface area contributed by atoms with Crippen molar-refractivity contribution in [3.05, 3.63) is 107 Å². The lowest BCUT2D eigenvalue weighted by molar-refractivity contribution is 0.0982. The summed E-state index contributed by atoms with van der Waals surface area (Å²) in [4.78, 5) is 12.7. The fourth-order valence-electron chi connectivity index (χ4n) is 2.74. The number of rotatable bonds is 7. The zero-order valence-corrected chi connectivity index (χ0v) is 15.2. The zero-order chi connectivity index (χ0) is 17.5. The molecule has 0 spiro atoms. The maximum Gasteiger partial charge on any atom is 0.164 e. The number of thioether (sulfide) groups is 1. The smallest absolute Gasteiger partial charge is 0.164 e. The first kappa shape index (κ1) is 17.5. The first-order valence-electron chi connectivity index (χ1n) is 8.53. The van der Waals surface area contributed by atoms with Crippen molar-refractivity contribution in [3.63, 3.8) is 0 Å². The number of carbonyl (C=O) groups excluding carboxylic acids is 1. The fourth-order valence-corrected chi connectivity index (χ4v) is 3.94. The molecule has 0 amide bonds. The van der Waals surface area contributed by atoms with Crippen LogP contribution in [0.3, 0.4) is 0 Å². The van der Waals surface area contributed by atoms with Crippen LogP contribution in [-0.2, 0) is 5.75 Å². The highest BCUT2D eigenvalue weighted by Gasteiger charge is 2.18. The van der Waals surface area contributed by atoms with Crippen LogP contribution in [0.15, 0.2) is 84.9 Å². The normalized spacial score (nSPS) is 11.9. The van der Waals surface area contributed by atoms with Crippen molar-refractivity contribution in [2.75, 3.05) is 0 Å². The molecule has 0 aromatic heterocycles. The van der Waals surface area contributed by atoms with Crippen LogP contribution in [0.25, 0.3) is 0 Å². The summed E-state index contributed by atoms with van der Waals surface area (Å²) in [5.41, 5.74) is 4.47. The SMILES string of the molecule is Cc1ccc(C(=O)CC(SCc2ccccc2)c2ccccc2)cc1. The van der Waals surface area contributed by atoms with E-state index in [0.717, 1.165) is 11.3 Å². The van der Waals surface area contributed by atoms with E-state index in [2.05, 4.69) is 36.4 Å². The summed E-state index contributed by atoms with van der Waals surface area (Å²) in [6.07, 6.45) is 0.518. The maximum absolute atomic E-state index is 12.7. The minimum atomic E-state index is 0.162.